The molecule has 0 atom stereocenters. The number of hydrogen-bond donors (Lipinski definition) is 1. The normalized spacial score (nSPS) is 11.3. The summed E-state index contributed by atoms with van der Waals surface area (Å²) in [6, 6.07) is 9.38. The van der Waals surface area contributed by atoms with Crippen LogP contribution in [0.15, 0.2) is 40.3 Å². The lowest BCUT2D eigenvalue weighted by Crippen LogP contribution is -2.12. The van der Waals surface area contributed by atoms with Gasteiger partial charge in [0.05, 0.1) is 10.2 Å². The Morgan fingerprint density at radius 3 is 3.00 bits per heavy atom. The van der Waals surface area contributed by atoms with Crippen molar-refractivity contribution in [2.45, 2.75) is 10.9 Å². The molecule has 1 N–H and O–H groups in total. The maximum Gasteiger partial charge on any atom is 0.273 e. The number of benzene rings is 1. The molecule has 10 heteroatoms. The summed E-state index contributed by atoms with van der Waals surface area (Å²) in [7, 11) is 1.78. The molecule has 0 saturated carbocycles. The summed E-state index contributed by atoms with van der Waals surface area (Å²) >= 11 is 2.93. The molecule has 23 heavy (non-hydrogen) atoms. The van der Waals surface area contributed by atoms with Crippen LogP contribution < -0.4 is 5.56 Å². The summed E-state index contributed by atoms with van der Waals surface area (Å²) in [6.07, 6.45) is 0. The number of hydrogen-bond acceptors (Lipinski definition) is 7. The van der Waals surface area contributed by atoms with Gasteiger partial charge in [-0.2, -0.15) is 4.68 Å². The number of aryl methyl sites for hydroxylation is 1. The predicted octanol–water partition coefficient (Wildman–Crippen LogP) is 1.59. The van der Waals surface area contributed by atoms with Crippen molar-refractivity contribution in [3.8, 4) is 5.13 Å². The molecule has 0 bridgehead atoms. The first kappa shape index (κ1) is 14.2. The van der Waals surface area contributed by atoms with Crippen LogP contribution in [0.2, 0.25) is 0 Å². The smallest absolute Gasteiger partial charge is 0.273 e. The third-order valence-corrected chi connectivity index (χ3v) is 5.27. The van der Waals surface area contributed by atoms with E-state index in [1.807, 2.05) is 24.3 Å². The number of nitrogens with zero attached hydrogens (tertiary/aromatic N) is 6. The van der Waals surface area contributed by atoms with Crippen LogP contribution >= 0.6 is 23.1 Å². The van der Waals surface area contributed by atoms with Crippen LogP contribution in [-0.4, -0.2) is 35.0 Å². The van der Waals surface area contributed by atoms with Crippen molar-refractivity contribution in [1.29, 1.82) is 0 Å². The van der Waals surface area contributed by atoms with Crippen LogP contribution in [0.1, 0.15) is 5.69 Å². The summed E-state index contributed by atoms with van der Waals surface area (Å²) in [5.41, 5.74) is 1.55. The second kappa shape index (κ2) is 5.63. The van der Waals surface area contributed by atoms with Gasteiger partial charge in [0.2, 0.25) is 10.3 Å². The van der Waals surface area contributed by atoms with Gasteiger partial charge in [-0.1, -0.05) is 35.2 Å². The van der Waals surface area contributed by atoms with Gasteiger partial charge in [-0.05, 0) is 22.6 Å². The molecule has 3 heterocycles. The van der Waals surface area contributed by atoms with Crippen molar-refractivity contribution in [3.63, 3.8) is 0 Å². The molecular formula is C13H11N7OS2. The van der Waals surface area contributed by atoms with Crippen LogP contribution in [0.4, 0.5) is 0 Å². The molecule has 4 rings (SSSR count). The number of aromatic amines is 1. The van der Waals surface area contributed by atoms with Gasteiger partial charge in [-0.3, -0.25) is 9.89 Å². The predicted molar refractivity (Wildman–Crippen MR) is 87.9 cm³/mol. The van der Waals surface area contributed by atoms with E-state index >= 15 is 0 Å². The summed E-state index contributed by atoms with van der Waals surface area (Å²) in [6.45, 7) is 0. The first-order chi connectivity index (χ1) is 11.2. The van der Waals surface area contributed by atoms with Crippen LogP contribution in [0, 0.1) is 0 Å². The highest BCUT2D eigenvalue weighted by Crippen LogP contribution is 2.24. The van der Waals surface area contributed by atoms with E-state index in [4.69, 9.17) is 0 Å². The summed E-state index contributed by atoms with van der Waals surface area (Å²) in [5, 5.41) is 15.7. The Kier molecular flexibility index (Phi) is 3.46. The lowest BCUT2D eigenvalue weighted by molar-refractivity contribution is 0.664. The average Bonchev–Trinajstić information content (AvgIpc) is 3.23. The van der Waals surface area contributed by atoms with E-state index in [2.05, 4.69) is 25.6 Å². The Morgan fingerprint density at radius 2 is 2.22 bits per heavy atom. The highest BCUT2D eigenvalue weighted by Gasteiger charge is 2.11. The zero-order valence-electron chi connectivity index (χ0n) is 12.0. The van der Waals surface area contributed by atoms with Gasteiger partial charge < -0.3 is 0 Å². The average molecular weight is 345 g/mol. The van der Waals surface area contributed by atoms with Gasteiger partial charge in [0.25, 0.3) is 5.56 Å². The molecule has 3 aromatic heterocycles. The second-order valence-electron chi connectivity index (χ2n) is 4.79. The molecule has 0 aliphatic carbocycles. The maximum atomic E-state index is 12.2. The third-order valence-electron chi connectivity index (χ3n) is 3.19. The van der Waals surface area contributed by atoms with Crippen molar-refractivity contribution < 1.29 is 0 Å². The van der Waals surface area contributed by atoms with Crippen LogP contribution in [0.25, 0.3) is 15.3 Å². The number of H-pyrrole nitrogens is 1. The molecule has 0 spiro atoms. The molecule has 116 valence electrons. The SMILES string of the molecule is Cn1nnnc1SCc1cc(=O)n(-c2nc3ccccc3s2)[nH]1. The summed E-state index contributed by atoms with van der Waals surface area (Å²) < 4.78 is 4.10. The van der Waals surface area contributed by atoms with Gasteiger partial charge in [0, 0.05) is 24.6 Å². The number of nitrogens with one attached hydrogen (secondary N) is 1. The maximum absolute atomic E-state index is 12.2. The Hall–Kier alpha value is -2.46. The zero-order chi connectivity index (χ0) is 15.8. The fraction of sp³-hybridized carbons (Fsp3) is 0.154. The molecular weight excluding hydrogens is 334 g/mol. The number of rotatable bonds is 4. The minimum atomic E-state index is -0.129. The van der Waals surface area contributed by atoms with Crippen molar-refractivity contribution in [2.24, 2.45) is 7.05 Å². The number of tetrazole rings is 1. The lowest BCUT2D eigenvalue weighted by atomic mass is 10.3. The Bertz CT molecular complexity index is 995. The molecule has 1 aromatic carbocycles. The van der Waals surface area contributed by atoms with Gasteiger partial charge in [0.15, 0.2) is 0 Å². The standard InChI is InChI=1S/C13H11N7OS2/c1-19-13(15-17-18-19)22-7-8-6-11(21)20(16-8)12-14-9-4-2-3-5-10(9)23-12/h2-6,16H,7H2,1H3. The topological polar surface area (TPSA) is 94.3 Å². The van der Waals surface area contributed by atoms with Gasteiger partial charge in [-0.15, -0.1) is 5.10 Å². The van der Waals surface area contributed by atoms with Gasteiger partial charge in [-0.25, -0.2) is 9.67 Å². The third kappa shape index (κ3) is 2.66. The molecule has 0 unspecified atom stereocenters. The Morgan fingerprint density at radius 1 is 1.35 bits per heavy atom. The number of thioether (sulfide) groups is 1. The first-order valence-corrected chi connectivity index (χ1v) is 8.53. The highest BCUT2D eigenvalue weighted by atomic mass is 32.2. The minimum Gasteiger partial charge on any atom is -0.292 e. The fourth-order valence-electron chi connectivity index (χ4n) is 2.10. The molecule has 4 aromatic rings. The van der Waals surface area contributed by atoms with Crippen molar-refractivity contribution in [3.05, 3.63) is 46.4 Å². The van der Waals surface area contributed by atoms with Crippen LogP contribution in [0.5, 0.6) is 0 Å². The van der Waals surface area contributed by atoms with E-state index in [9.17, 15) is 4.79 Å². The lowest BCUT2D eigenvalue weighted by Gasteiger charge is -1.98. The first-order valence-electron chi connectivity index (χ1n) is 6.73. The monoisotopic (exact) mass is 345 g/mol. The number of para-hydroxylation sites is 1. The quantitative estimate of drug-likeness (QED) is 0.565. The minimum absolute atomic E-state index is 0.129. The zero-order valence-corrected chi connectivity index (χ0v) is 13.6. The van der Waals surface area contributed by atoms with E-state index < -0.39 is 0 Å². The number of fused-ring (bicyclic) bond motifs is 1. The summed E-state index contributed by atoms with van der Waals surface area (Å²) in [4.78, 5) is 16.7. The van der Waals surface area contributed by atoms with Gasteiger partial charge in [0.1, 0.15) is 0 Å². The van der Waals surface area contributed by atoms with E-state index in [1.165, 1.54) is 27.8 Å². The molecule has 8 nitrogen and oxygen atoms in total. The molecule has 0 saturated heterocycles. The Labute approximate surface area is 138 Å². The molecule has 0 aliphatic heterocycles. The van der Waals surface area contributed by atoms with Crippen molar-refractivity contribution in [2.75, 3.05) is 0 Å². The molecule has 0 amide bonds. The van der Waals surface area contributed by atoms with Crippen LogP contribution in [-0.2, 0) is 12.8 Å². The van der Waals surface area contributed by atoms with E-state index in [1.54, 1.807) is 17.8 Å². The largest absolute Gasteiger partial charge is 0.292 e. The highest BCUT2D eigenvalue weighted by molar-refractivity contribution is 7.98. The van der Waals surface area contributed by atoms with Gasteiger partial charge >= 0.3 is 0 Å². The van der Waals surface area contributed by atoms with E-state index in [0.717, 1.165) is 15.9 Å². The molecule has 0 radical (unpaired) electrons. The van der Waals surface area contributed by atoms with Crippen molar-refractivity contribution in [1.82, 2.24) is 35.0 Å². The fourth-order valence-corrected chi connectivity index (χ4v) is 3.78. The Balaban J connectivity index is 1.62. The number of aromatic nitrogens is 7. The van der Waals surface area contributed by atoms with Crippen LogP contribution in [0.3, 0.4) is 0 Å². The summed E-state index contributed by atoms with van der Waals surface area (Å²) in [5.74, 6) is 0.571. The molecule has 0 aliphatic rings. The van der Waals surface area contributed by atoms with Crippen molar-refractivity contribution >= 4 is 33.3 Å². The van der Waals surface area contributed by atoms with E-state index in [0.29, 0.717) is 16.0 Å². The number of thiazole rings is 1. The van der Waals surface area contributed by atoms with E-state index in [-0.39, 0.29) is 5.56 Å². The molecule has 0 fully saturated rings. The second-order valence-corrected chi connectivity index (χ2v) is 6.74.